The molecule has 0 aliphatic carbocycles. The molecule has 156 valence electrons. The molecule has 0 aromatic heterocycles. The minimum Gasteiger partial charge on any atom is -0.494 e. The van der Waals surface area contributed by atoms with E-state index >= 15 is 0 Å². The van der Waals surface area contributed by atoms with Gasteiger partial charge in [-0.2, -0.15) is 5.26 Å². The highest BCUT2D eigenvalue weighted by atomic mass is 16.5. The van der Waals surface area contributed by atoms with Crippen LogP contribution in [0.15, 0.2) is 48.0 Å². The quantitative estimate of drug-likeness (QED) is 0.459. The molecule has 8 nitrogen and oxygen atoms in total. The number of nitriles is 1. The van der Waals surface area contributed by atoms with Crippen LogP contribution in [-0.4, -0.2) is 31.6 Å². The lowest BCUT2D eigenvalue weighted by molar-refractivity contribution is -0.120. The first-order valence-electron chi connectivity index (χ1n) is 9.30. The van der Waals surface area contributed by atoms with Crippen molar-refractivity contribution in [3.63, 3.8) is 0 Å². The van der Waals surface area contributed by atoms with Gasteiger partial charge in [0.25, 0.3) is 11.8 Å². The molecule has 3 N–H and O–H groups in total. The summed E-state index contributed by atoms with van der Waals surface area (Å²) in [4.78, 5) is 23.4. The van der Waals surface area contributed by atoms with Gasteiger partial charge < -0.3 is 25.3 Å². The number of hydrogen-bond acceptors (Lipinski definition) is 6. The zero-order chi connectivity index (χ0) is 21.9. The summed E-state index contributed by atoms with van der Waals surface area (Å²) in [5.41, 5.74) is 6.11. The number of nitrogens with one attached hydrogen (secondary N) is 1. The Balaban J connectivity index is 2.19. The highest BCUT2D eigenvalue weighted by Gasteiger charge is 2.12. The maximum Gasteiger partial charge on any atom is 0.266 e. The van der Waals surface area contributed by atoms with Gasteiger partial charge in [0.15, 0.2) is 18.1 Å². The smallest absolute Gasteiger partial charge is 0.266 e. The molecule has 30 heavy (non-hydrogen) atoms. The number of amides is 2. The van der Waals surface area contributed by atoms with E-state index in [0.717, 1.165) is 0 Å². The lowest BCUT2D eigenvalue weighted by Gasteiger charge is -2.12. The Kier molecular flexibility index (Phi) is 8.27. The fourth-order valence-electron chi connectivity index (χ4n) is 2.47. The molecule has 0 saturated heterocycles. The number of ether oxygens (including phenoxy) is 3. The van der Waals surface area contributed by atoms with Gasteiger partial charge in [-0.05, 0) is 61.9 Å². The zero-order valence-electron chi connectivity index (χ0n) is 16.8. The summed E-state index contributed by atoms with van der Waals surface area (Å²) in [7, 11) is 0. The van der Waals surface area contributed by atoms with Gasteiger partial charge in [-0.1, -0.05) is 6.07 Å². The lowest BCUT2D eigenvalue weighted by Crippen LogP contribution is -2.20. The van der Waals surface area contributed by atoms with E-state index in [2.05, 4.69) is 5.32 Å². The van der Waals surface area contributed by atoms with Crippen LogP contribution >= 0.6 is 0 Å². The van der Waals surface area contributed by atoms with Gasteiger partial charge in [0.1, 0.15) is 17.4 Å². The summed E-state index contributed by atoms with van der Waals surface area (Å²) >= 11 is 0. The molecule has 0 saturated carbocycles. The summed E-state index contributed by atoms with van der Waals surface area (Å²) in [5, 5.41) is 12.1. The standard InChI is InChI=1S/C22H23N3O5/c1-3-28-18-8-6-17(7-9-18)25-22(27)16(13-23)11-15-5-10-19(30-14-21(24)26)20(12-15)29-4-2/h5-12H,3-4,14H2,1-2H3,(H2,24,26)(H,25,27)/b16-11+. The third-order valence-electron chi connectivity index (χ3n) is 3.74. The average Bonchev–Trinajstić information content (AvgIpc) is 2.73. The van der Waals surface area contributed by atoms with E-state index in [1.165, 1.54) is 6.08 Å². The van der Waals surface area contributed by atoms with E-state index in [1.54, 1.807) is 49.4 Å². The van der Waals surface area contributed by atoms with Crippen molar-refractivity contribution >= 4 is 23.6 Å². The second-order valence-electron chi connectivity index (χ2n) is 5.98. The SMILES string of the molecule is CCOc1ccc(NC(=O)/C(C#N)=C/c2ccc(OCC(N)=O)c(OCC)c2)cc1. The first kappa shape index (κ1) is 22.3. The topological polar surface area (TPSA) is 124 Å². The number of primary amides is 1. The Morgan fingerprint density at radius 2 is 1.73 bits per heavy atom. The zero-order valence-corrected chi connectivity index (χ0v) is 16.8. The van der Waals surface area contributed by atoms with E-state index in [-0.39, 0.29) is 12.2 Å². The Morgan fingerprint density at radius 3 is 2.33 bits per heavy atom. The van der Waals surface area contributed by atoms with Gasteiger partial charge in [-0.15, -0.1) is 0 Å². The highest BCUT2D eigenvalue weighted by Crippen LogP contribution is 2.29. The average molecular weight is 409 g/mol. The molecule has 2 aromatic rings. The van der Waals surface area contributed by atoms with Crippen molar-refractivity contribution in [3.05, 3.63) is 53.6 Å². The second-order valence-corrected chi connectivity index (χ2v) is 5.98. The van der Waals surface area contributed by atoms with E-state index in [0.29, 0.717) is 41.7 Å². The minimum atomic E-state index is -0.612. The third-order valence-corrected chi connectivity index (χ3v) is 3.74. The lowest BCUT2D eigenvalue weighted by atomic mass is 10.1. The third kappa shape index (κ3) is 6.56. The second kappa shape index (κ2) is 11.1. The first-order chi connectivity index (χ1) is 14.5. The van der Waals surface area contributed by atoms with Crippen LogP contribution < -0.4 is 25.3 Å². The summed E-state index contributed by atoms with van der Waals surface area (Å²) in [6.07, 6.45) is 1.43. The van der Waals surface area contributed by atoms with Crippen LogP contribution in [0.1, 0.15) is 19.4 Å². The normalized spacial score (nSPS) is 10.6. The molecule has 0 bridgehead atoms. The molecule has 0 radical (unpaired) electrons. The van der Waals surface area contributed by atoms with Crippen LogP contribution in [0.3, 0.4) is 0 Å². The summed E-state index contributed by atoms with van der Waals surface area (Å²) < 4.78 is 16.2. The van der Waals surface area contributed by atoms with Gasteiger partial charge in [0.2, 0.25) is 0 Å². The van der Waals surface area contributed by atoms with Gasteiger partial charge in [0.05, 0.1) is 13.2 Å². The summed E-state index contributed by atoms with van der Waals surface area (Å²) in [5.74, 6) is 0.239. The van der Waals surface area contributed by atoms with Gasteiger partial charge in [-0.25, -0.2) is 0 Å². The van der Waals surface area contributed by atoms with Crippen LogP contribution in [0.4, 0.5) is 5.69 Å². The summed E-state index contributed by atoms with van der Waals surface area (Å²) in [6.45, 7) is 4.30. The Bertz CT molecular complexity index is 962. The van der Waals surface area contributed by atoms with Crippen LogP contribution in [-0.2, 0) is 9.59 Å². The number of rotatable bonds is 10. The van der Waals surface area contributed by atoms with Crippen molar-refractivity contribution in [2.24, 2.45) is 5.73 Å². The highest BCUT2D eigenvalue weighted by molar-refractivity contribution is 6.09. The first-order valence-corrected chi connectivity index (χ1v) is 9.30. The number of nitrogens with zero attached hydrogens (tertiary/aromatic N) is 1. The van der Waals surface area contributed by atoms with Crippen molar-refractivity contribution in [1.29, 1.82) is 5.26 Å². The molecule has 0 unspecified atom stereocenters. The number of carbonyl (C=O) groups is 2. The summed E-state index contributed by atoms with van der Waals surface area (Å²) in [6, 6.07) is 13.6. The molecular weight excluding hydrogens is 386 g/mol. The molecule has 0 aliphatic rings. The number of anilines is 1. The van der Waals surface area contributed by atoms with Crippen molar-refractivity contribution in [2.45, 2.75) is 13.8 Å². The largest absolute Gasteiger partial charge is 0.494 e. The maximum absolute atomic E-state index is 12.5. The number of hydrogen-bond donors (Lipinski definition) is 2. The molecule has 0 fully saturated rings. The number of nitrogens with two attached hydrogens (primary N) is 1. The predicted molar refractivity (Wildman–Crippen MR) is 112 cm³/mol. The van der Waals surface area contributed by atoms with E-state index in [4.69, 9.17) is 19.9 Å². The molecule has 0 heterocycles. The van der Waals surface area contributed by atoms with Gasteiger partial charge in [-0.3, -0.25) is 9.59 Å². The molecule has 0 aliphatic heterocycles. The minimum absolute atomic E-state index is 0.0860. The Morgan fingerprint density at radius 1 is 1.03 bits per heavy atom. The molecule has 0 spiro atoms. The molecule has 2 amide bonds. The molecule has 2 aromatic carbocycles. The van der Waals surface area contributed by atoms with Crippen LogP contribution in [0.2, 0.25) is 0 Å². The van der Waals surface area contributed by atoms with Crippen LogP contribution in [0.25, 0.3) is 6.08 Å². The van der Waals surface area contributed by atoms with E-state index in [9.17, 15) is 14.9 Å². The van der Waals surface area contributed by atoms with Crippen molar-refractivity contribution in [1.82, 2.24) is 0 Å². The molecule has 0 atom stereocenters. The van der Waals surface area contributed by atoms with E-state index in [1.807, 2.05) is 13.0 Å². The van der Waals surface area contributed by atoms with E-state index < -0.39 is 11.8 Å². The number of carbonyl (C=O) groups excluding carboxylic acids is 2. The number of benzene rings is 2. The Hall–Kier alpha value is -3.99. The maximum atomic E-state index is 12.5. The van der Waals surface area contributed by atoms with Crippen LogP contribution in [0.5, 0.6) is 17.2 Å². The molecule has 2 rings (SSSR count). The fourth-order valence-corrected chi connectivity index (χ4v) is 2.47. The molecular formula is C22H23N3O5. The monoisotopic (exact) mass is 409 g/mol. The fraction of sp³-hybridized carbons (Fsp3) is 0.227. The molecule has 8 heteroatoms. The van der Waals surface area contributed by atoms with Crippen molar-refractivity contribution in [3.8, 4) is 23.3 Å². The van der Waals surface area contributed by atoms with Gasteiger partial charge >= 0.3 is 0 Å². The van der Waals surface area contributed by atoms with Crippen molar-refractivity contribution < 1.29 is 23.8 Å². The predicted octanol–water partition coefficient (Wildman–Crippen LogP) is 2.89. The van der Waals surface area contributed by atoms with Crippen molar-refractivity contribution in [2.75, 3.05) is 25.1 Å². The van der Waals surface area contributed by atoms with Gasteiger partial charge in [0, 0.05) is 5.69 Å². The van der Waals surface area contributed by atoms with Crippen LogP contribution in [0, 0.1) is 11.3 Å². The Labute approximate surface area is 174 Å².